The molecule has 0 bridgehead atoms. The van der Waals surface area contributed by atoms with E-state index in [0.717, 1.165) is 6.42 Å². The summed E-state index contributed by atoms with van der Waals surface area (Å²) in [6, 6.07) is 0. The summed E-state index contributed by atoms with van der Waals surface area (Å²) in [5.41, 5.74) is 4.87. The zero-order valence-electron chi connectivity index (χ0n) is 9.58. The van der Waals surface area contributed by atoms with Crippen LogP contribution in [0.3, 0.4) is 0 Å². The summed E-state index contributed by atoms with van der Waals surface area (Å²) < 4.78 is 0. The number of nitrogens with zero attached hydrogens (tertiary/aromatic N) is 1. The van der Waals surface area contributed by atoms with Gasteiger partial charge in [0.05, 0.1) is 16.9 Å². The van der Waals surface area contributed by atoms with Gasteiger partial charge in [-0.3, -0.25) is 9.59 Å². The fourth-order valence-electron chi connectivity index (χ4n) is 1.60. The Bertz CT molecular complexity index is 324. The number of likely N-dealkylation sites (N-methyl/N-ethyl adjacent to an activating group) is 1. The standard InChI is InChI=1S/C10H17N3O2S/c1-13(2)7(14)6-12-9(15)10(8(11)16)4-3-5-10/h3-6H2,1-2H3,(H2,11,16)(H,12,15). The number of rotatable bonds is 4. The molecule has 0 spiro atoms. The second-order valence-corrected chi connectivity index (χ2v) is 4.71. The van der Waals surface area contributed by atoms with E-state index in [0.29, 0.717) is 12.8 Å². The minimum absolute atomic E-state index is 0.00377. The number of hydrogen-bond donors (Lipinski definition) is 2. The van der Waals surface area contributed by atoms with Crippen molar-refractivity contribution >= 4 is 29.0 Å². The van der Waals surface area contributed by atoms with Gasteiger partial charge in [-0.15, -0.1) is 0 Å². The van der Waals surface area contributed by atoms with Crippen molar-refractivity contribution in [2.45, 2.75) is 19.3 Å². The number of thiocarbonyl (C=S) groups is 1. The third kappa shape index (κ3) is 2.32. The molecule has 0 aromatic carbocycles. The quantitative estimate of drug-likeness (QED) is 0.662. The van der Waals surface area contributed by atoms with E-state index < -0.39 is 5.41 Å². The van der Waals surface area contributed by atoms with E-state index in [4.69, 9.17) is 18.0 Å². The molecule has 0 radical (unpaired) electrons. The summed E-state index contributed by atoms with van der Waals surface area (Å²) in [4.78, 5) is 24.8. The van der Waals surface area contributed by atoms with Gasteiger partial charge >= 0.3 is 0 Å². The number of amides is 2. The lowest BCUT2D eigenvalue weighted by molar-refractivity contribution is -0.135. The summed E-state index contributed by atoms with van der Waals surface area (Å²) in [6.07, 6.45) is 2.32. The van der Waals surface area contributed by atoms with E-state index in [1.165, 1.54) is 4.90 Å². The van der Waals surface area contributed by atoms with Crippen LogP contribution in [0.1, 0.15) is 19.3 Å². The van der Waals surface area contributed by atoms with Crippen molar-refractivity contribution in [1.29, 1.82) is 0 Å². The molecular formula is C10H17N3O2S. The molecule has 90 valence electrons. The van der Waals surface area contributed by atoms with E-state index in [1.807, 2.05) is 0 Å². The van der Waals surface area contributed by atoms with Crippen molar-refractivity contribution in [2.24, 2.45) is 11.1 Å². The Morgan fingerprint density at radius 1 is 1.44 bits per heavy atom. The van der Waals surface area contributed by atoms with Crippen LogP contribution in [0.5, 0.6) is 0 Å². The van der Waals surface area contributed by atoms with Crippen LogP contribution in [0.4, 0.5) is 0 Å². The first kappa shape index (κ1) is 12.9. The highest BCUT2D eigenvalue weighted by molar-refractivity contribution is 7.80. The molecule has 0 saturated heterocycles. The minimum atomic E-state index is -0.706. The zero-order valence-corrected chi connectivity index (χ0v) is 10.4. The highest BCUT2D eigenvalue weighted by atomic mass is 32.1. The van der Waals surface area contributed by atoms with Crippen LogP contribution in [0.15, 0.2) is 0 Å². The molecule has 1 rings (SSSR count). The Morgan fingerprint density at radius 3 is 2.31 bits per heavy atom. The molecule has 0 aliphatic heterocycles. The Balaban J connectivity index is 2.52. The largest absolute Gasteiger partial charge is 0.392 e. The van der Waals surface area contributed by atoms with Gasteiger partial charge in [0.2, 0.25) is 11.8 Å². The lowest BCUT2D eigenvalue weighted by Crippen LogP contribution is -2.54. The molecule has 1 aliphatic carbocycles. The number of hydrogen-bond acceptors (Lipinski definition) is 3. The van der Waals surface area contributed by atoms with Crippen molar-refractivity contribution < 1.29 is 9.59 Å². The minimum Gasteiger partial charge on any atom is -0.392 e. The topological polar surface area (TPSA) is 75.4 Å². The maximum absolute atomic E-state index is 11.9. The normalized spacial score (nSPS) is 17.1. The first-order valence-corrected chi connectivity index (χ1v) is 5.59. The Labute approximate surface area is 100 Å². The zero-order chi connectivity index (χ0) is 12.3. The number of nitrogens with two attached hydrogens (primary N) is 1. The van der Waals surface area contributed by atoms with E-state index in [-0.39, 0.29) is 23.3 Å². The van der Waals surface area contributed by atoms with Crippen LogP contribution >= 0.6 is 12.2 Å². The summed E-state index contributed by atoms with van der Waals surface area (Å²) in [6.45, 7) is -0.00377. The fraction of sp³-hybridized carbons (Fsp3) is 0.700. The predicted molar refractivity (Wildman–Crippen MR) is 64.8 cm³/mol. The maximum Gasteiger partial charge on any atom is 0.241 e. The fourth-order valence-corrected chi connectivity index (χ4v) is 1.90. The van der Waals surface area contributed by atoms with Crippen LogP contribution in [-0.2, 0) is 9.59 Å². The van der Waals surface area contributed by atoms with Crippen LogP contribution < -0.4 is 11.1 Å². The molecule has 16 heavy (non-hydrogen) atoms. The van der Waals surface area contributed by atoms with Gasteiger partial charge in [-0.1, -0.05) is 18.6 Å². The summed E-state index contributed by atoms with van der Waals surface area (Å²) >= 11 is 4.91. The molecule has 0 atom stereocenters. The highest BCUT2D eigenvalue weighted by Gasteiger charge is 2.46. The van der Waals surface area contributed by atoms with E-state index in [1.54, 1.807) is 14.1 Å². The van der Waals surface area contributed by atoms with Crippen molar-refractivity contribution in [2.75, 3.05) is 20.6 Å². The predicted octanol–water partition coefficient (Wildman–Crippen LogP) is -0.353. The van der Waals surface area contributed by atoms with Crippen molar-refractivity contribution in [3.8, 4) is 0 Å². The average Bonchev–Trinajstić information content (AvgIpc) is 2.11. The molecule has 5 nitrogen and oxygen atoms in total. The number of nitrogens with one attached hydrogen (secondary N) is 1. The van der Waals surface area contributed by atoms with Crippen LogP contribution in [-0.4, -0.2) is 42.3 Å². The van der Waals surface area contributed by atoms with Gasteiger partial charge < -0.3 is 16.0 Å². The second-order valence-electron chi connectivity index (χ2n) is 4.27. The van der Waals surface area contributed by atoms with Crippen molar-refractivity contribution in [3.63, 3.8) is 0 Å². The monoisotopic (exact) mass is 243 g/mol. The molecular weight excluding hydrogens is 226 g/mol. The summed E-state index contributed by atoms with van der Waals surface area (Å²) in [7, 11) is 3.28. The summed E-state index contributed by atoms with van der Waals surface area (Å²) in [5, 5.41) is 2.59. The number of carbonyl (C=O) groups is 2. The Kier molecular flexibility index (Phi) is 3.85. The third-order valence-electron chi connectivity index (χ3n) is 3.01. The van der Waals surface area contributed by atoms with Gasteiger partial charge in [0.25, 0.3) is 0 Å². The first-order valence-electron chi connectivity index (χ1n) is 5.18. The SMILES string of the molecule is CN(C)C(=O)CNC(=O)C1(C(N)=S)CCC1. The van der Waals surface area contributed by atoms with Gasteiger partial charge in [-0.25, -0.2) is 0 Å². The molecule has 0 heterocycles. The molecule has 1 saturated carbocycles. The Hall–Kier alpha value is -1.17. The van der Waals surface area contributed by atoms with Crippen LogP contribution in [0.2, 0.25) is 0 Å². The van der Waals surface area contributed by atoms with Gasteiger partial charge in [0.15, 0.2) is 0 Å². The first-order chi connectivity index (χ1) is 7.40. The van der Waals surface area contributed by atoms with Gasteiger partial charge in [-0.2, -0.15) is 0 Å². The lowest BCUT2D eigenvalue weighted by atomic mass is 9.68. The van der Waals surface area contributed by atoms with Crippen LogP contribution in [0.25, 0.3) is 0 Å². The third-order valence-corrected chi connectivity index (χ3v) is 3.40. The number of carbonyl (C=O) groups excluding carboxylic acids is 2. The van der Waals surface area contributed by atoms with Gasteiger partial charge in [0, 0.05) is 14.1 Å². The van der Waals surface area contributed by atoms with Crippen molar-refractivity contribution in [3.05, 3.63) is 0 Å². The molecule has 0 aromatic rings. The van der Waals surface area contributed by atoms with Crippen molar-refractivity contribution in [1.82, 2.24) is 10.2 Å². The molecule has 1 fully saturated rings. The lowest BCUT2D eigenvalue weighted by Gasteiger charge is -2.39. The molecule has 0 unspecified atom stereocenters. The van der Waals surface area contributed by atoms with Crippen LogP contribution in [0, 0.1) is 5.41 Å². The van der Waals surface area contributed by atoms with E-state index in [2.05, 4.69) is 5.32 Å². The van der Waals surface area contributed by atoms with Gasteiger partial charge in [-0.05, 0) is 12.8 Å². The second kappa shape index (κ2) is 4.78. The molecule has 6 heteroatoms. The smallest absolute Gasteiger partial charge is 0.241 e. The van der Waals surface area contributed by atoms with E-state index in [9.17, 15) is 9.59 Å². The molecule has 2 amide bonds. The Morgan fingerprint density at radius 2 is 2.00 bits per heavy atom. The van der Waals surface area contributed by atoms with Gasteiger partial charge in [0.1, 0.15) is 0 Å². The molecule has 3 N–H and O–H groups in total. The highest BCUT2D eigenvalue weighted by Crippen LogP contribution is 2.41. The molecule has 0 aromatic heterocycles. The van der Waals surface area contributed by atoms with E-state index >= 15 is 0 Å². The average molecular weight is 243 g/mol. The maximum atomic E-state index is 11.9. The summed E-state index contributed by atoms with van der Waals surface area (Å²) in [5.74, 6) is -0.368. The molecule has 1 aliphatic rings.